The minimum absolute atomic E-state index is 0.257. The van der Waals surface area contributed by atoms with E-state index in [1.54, 1.807) is 6.92 Å². The summed E-state index contributed by atoms with van der Waals surface area (Å²) >= 11 is 5.72. The number of anilines is 1. The Hall–Kier alpha value is -1.62. The molecule has 14 heavy (non-hydrogen) atoms. The summed E-state index contributed by atoms with van der Waals surface area (Å²) in [4.78, 5) is 24.8. The number of nitrogens with one attached hydrogen (secondary N) is 1. The molecule has 0 spiro atoms. The zero-order valence-corrected chi connectivity index (χ0v) is 8.00. The number of aryl methyl sites for hydroxylation is 1. The maximum absolute atomic E-state index is 10.7. The van der Waals surface area contributed by atoms with Crippen molar-refractivity contribution in [3.63, 3.8) is 0 Å². The van der Waals surface area contributed by atoms with Crippen LogP contribution in [0.5, 0.6) is 0 Å². The van der Waals surface area contributed by atoms with Crippen LogP contribution in [0.15, 0.2) is 12.3 Å². The van der Waals surface area contributed by atoms with E-state index in [9.17, 15) is 9.59 Å². The van der Waals surface area contributed by atoms with Gasteiger partial charge in [-0.2, -0.15) is 0 Å². The lowest BCUT2D eigenvalue weighted by atomic mass is 10.3. The molecule has 0 aromatic carbocycles. The van der Waals surface area contributed by atoms with E-state index in [2.05, 4.69) is 10.3 Å². The van der Waals surface area contributed by atoms with Crippen LogP contribution < -0.4 is 5.32 Å². The molecule has 74 valence electrons. The molecule has 0 saturated heterocycles. The number of carbonyl (C=O) groups is 2. The molecule has 2 N–H and O–H groups in total. The fourth-order valence-corrected chi connectivity index (χ4v) is 0.926. The molecule has 0 aliphatic heterocycles. The summed E-state index contributed by atoms with van der Waals surface area (Å²) in [5, 5.41) is 10.8. The zero-order chi connectivity index (χ0) is 10.7. The van der Waals surface area contributed by atoms with E-state index < -0.39 is 11.9 Å². The molecule has 0 saturated carbocycles. The van der Waals surface area contributed by atoms with Gasteiger partial charge in [0.15, 0.2) is 0 Å². The Bertz CT molecular complexity index is 392. The topological polar surface area (TPSA) is 79.3 Å². The number of aromatic nitrogens is 1. The van der Waals surface area contributed by atoms with E-state index in [4.69, 9.17) is 16.7 Å². The Morgan fingerprint density at radius 2 is 2.21 bits per heavy atom. The Morgan fingerprint density at radius 1 is 1.57 bits per heavy atom. The van der Waals surface area contributed by atoms with Crippen molar-refractivity contribution in [2.75, 3.05) is 5.32 Å². The van der Waals surface area contributed by atoms with Gasteiger partial charge in [-0.15, -0.1) is 0 Å². The highest BCUT2D eigenvalue weighted by Gasteiger charge is 2.11. The number of aliphatic carboxylic acids is 1. The third kappa shape index (κ3) is 2.43. The molecule has 1 heterocycles. The first kappa shape index (κ1) is 10.5. The number of pyridine rings is 1. The maximum Gasteiger partial charge on any atom is 0.394 e. The molecule has 0 bridgehead atoms. The molecule has 0 fully saturated rings. The summed E-state index contributed by atoms with van der Waals surface area (Å²) in [6.07, 6.45) is 1.34. The van der Waals surface area contributed by atoms with E-state index >= 15 is 0 Å². The SMILES string of the molecule is Cc1ncc(NC(=O)C(=O)O)cc1Cl. The average Bonchev–Trinajstić information content (AvgIpc) is 2.11. The number of carboxylic acid groups (broad SMARTS) is 1. The van der Waals surface area contributed by atoms with Crippen LogP contribution in [0.2, 0.25) is 5.02 Å². The lowest BCUT2D eigenvalue weighted by Crippen LogP contribution is -2.21. The molecule has 0 aliphatic carbocycles. The van der Waals surface area contributed by atoms with Gasteiger partial charge in [0.25, 0.3) is 0 Å². The minimum atomic E-state index is -1.55. The Labute approximate surface area is 84.7 Å². The van der Waals surface area contributed by atoms with Crippen LogP contribution in [0.1, 0.15) is 5.69 Å². The molecule has 5 nitrogen and oxygen atoms in total. The van der Waals surface area contributed by atoms with Gasteiger partial charge in [-0.1, -0.05) is 11.6 Å². The van der Waals surface area contributed by atoms with Gasteiger partial charge in [-0.05, 0) is 13.0 Å². The van der Waals surface area contributed by atoms with Crippen LogP contribution in [-0.4, -0.2) is 22.0 Å². The normalized spacial score (nSPS) is 9.57. The van der Waals surface area contributed by atoms with E-state index in [0.717, 1.165) is 0 Å². The summed E-state index contributed by atoms with van der Waals surface area (Å²) < 4.78 is 0. The monoisotopic (exact) mass is 214 g/mol. The molecular formula is C8H7ClN2O3. The second kappa shape index (κ2) is 4.06. The molecule has 1 aromatic rings. The highest BCUT2D eigenvalue weighted by atomic mass is 35.5. The van der Waals surface area contributed by atoms with Crippen molar-refractivity contribution in [3.05, 3.63) is 23.0 Å². The molecule has 1 rings (SSSR count). The first-order chi connectivity index (χ1) is 6.50. The van der Waals surface area contributed by atoms with Crippen molar-refractivity contribution in [2.24, 2.45) is 0 Å². The van der Waals surface area contributed by atoms with Gasteiger partial charge < -0.3 is 10.4 Å². The summed E-state index contributed by atoms with van der Waals surface area (Å²) in [6.45, 7) is 1.70. The molecule has 1 aromatic heterocycles. The fourth-order valence-electron chi connectivity index (χ4n) is 0.759. The number of rotatable bonds is 1. The van der Waals surface area contributed by atoms with Gasteiger partial charge in [0.2, 0.25) is 0 Å². The summed E-state index contributed by atoms with van der Waals surface area (Å²) in [7, 11) is 0. The number of carboxylic acids is 1. The van der Waals surface area contributed by atoms with Crippen LogP contribution in [0.25, 0.3) is 0 Å². The van der Waals surface area contributed by atoms with E-state index in [1.807, 2.05) is 0 Å². The second-order valence-corrected chi connectivity index (χ2v) is 2.96. The first-order valence-electron chi connectivity index (χ1n) is 3.67. The van der Waals surface area contributed by atoms with Crippen molar-refractivity contribution in [3.8, 4) is 0 Å². The summed E-state index contributed by atoms with van der Waals surface area (Å²) in [5.74, 6) is -2.67. The first-order valence-corrected chi connectivity index (χ1v) is 4.05. The maximum atomic E-state index is 10.7. The fraction of sp³-hybridized carbons (Fsp3) is 0.125. The Kier molecular flexibility index (Phi) is 3.03. The van der Waals surface area contributed by atoms with Crippen molar-refractivity contribution in [1.82, 2.24) is 4.98 Å². The van der Waals surface area contributed by atoms with Gasteiger partial charge in [-0.3, -0.25) is 9.78 Å². The van der Waals surface area contributed by atoms with Crippen molar-refractivity contribution < 1.29 is 14.7 Å². The third-order valence-corrected chi connectivity index (χ3v) is 1.86. The molecule has 0 unspecified atom stereocenters. The average molecular weight is 215 g/mol. The highest BCUT2D eigenvalue weighted by molar-refractivity contribution is 6.36. The van der Waals surface area contributed by atoms with E-state index in [-0.39, 0.29) is 5.69 Å². The highest BCUT2D eigenvalue weighted by Crippen LogP contribution is 2.17. The third-order valence-electron chi connectivity index (χ3n) is 1.48. The molecule has 0 aliphatic rings. The van der Waals surface area contributed by atoms with Gasteiger partial charge >= 0.3 is 11.9 Å². The molecule has 0 radical (unpaired) electrons. The summed E-state index contributed by atoms with van der Waals surface area (Å²) in [6, 6.07) is 1.44. The van der Waals surface area contributed by atoms with Crippen molar-refractivity contribution in [1.29, 1.82) is 0 Å². The quantitative estimate of drug-likeness (QED) is 0.686. The Morgan fingerprint density at radius 3 is 2.71 bits per heavy atom. The number of amides is 1. The van der Waals surface area contributed by atoms with Crippen LogP contribution >= 0.6 is 11.6 Å². The molecule has 1 amide bonds. The van der Waals surface area contributed by atoms with Crippen molar-refractivity contribution in [2.45, 2.75) is 6.92 Å². The minimum Gasteiger partial charge on any atom is -0.474 e. The van der Waals surface area contributed by atoms with Gasteiger partial charge in [-0.25, -0.2) is 4.79 Å². The number of nitrogens with zero attached hydrogens (tertiary/aromatic N) is 1. The van der Waals surface area contributed by atoms with Crippen LogP contribution in [-0.2, 0) is 9.59 Å². The summed E-state index contributed by atoms with van der Waals surface area (Å²) in [5.41, 5.74) is 0.869. The van der Waals surface area contributed by atoms with Gasteiger partial charge in [0.05, 0.1) is 22.6 Å². The lowest BCUT2D eigenvalue weighted by Gasteiger charge is -2.02. The van der Waals surface area contributed by atoms with Gasteiger partial charge in [0.1, 0.15) is 0 Å². The van der Waals surface area contributed by atoms with Gasteiger partial charge in [0, 0.05) is 0 Å². The Balaban J connectivity index is 2.83. The predicted molar refractivity (Wildman–Crippen MR) is 50.2 cm³/mol. The van der Waals surface area contributed by atoms with E-state index in [0.29, 0.717) is 10.7 Å². The molecule has 6 heteroatoms. The number of hydrogen-bond donors (Lipinski definition) is 2. The van der Waals surface area contributed by atoms with Crippen LogP contribution in [0.3, 0.4) is 0 Å². The van der Waals surface area contributed by atoms with Crippen LogP contribution in [0, 0.1) is 6.92 Å². The largest absolute Gasteiger partial charge is 0.474 e. The smallest absolute Gasteiger partial charge is 0.394 e. The molecular weight excluding hydrogens is 208 g/mol. The standard InChI is InChI=1S/C8H7ClN2O3/c1-4-6(9)2-5(3-10-4)11-7(12)8(13)14/h2-3H,1H3,(H,11,12)(H,13,14). The second-order valence-electron chi connectivity index (χ2n) is 2.55. The number of hydrogen-bond acceptors (Lipinski definition) is 3. The zero-order valence-electron chi connectivity index (χ0n) is 7.24. The number of halogens is 1. The van der Waals surface area contributed by atoms with Crippen molar-refractivity contribution >= 4 is 29.2 Å². The lowest BCUT2D eigenvalue weighted by molar-refractivity contribution is -0.147. The van der Waals surface area contributed by atoms with E-state index in [1.165, 1.54) is 12.3 Å². The predicted octanol–water partition coefficient (Wildman–Crippen LogP) is 1.07. The molecule has 0 atom stereocenters. The van der Waals surface area contributed by atoms with Crippen LogP contribution in [0.4, 0.5) is 5.69 Å². The number of carbonyl (C=O) groups excluding carboxylic acids is 1.